The second kappa shape index (κ2) is 3.88. The number of Topliss-reactive ketones (excluding diaryl/α,β-unsaturated/α-hetero) is 1. The molecule has 1 atom stereocenters. The summed E-state index contributed by atoms with van der Waals surface area (Å²) in [5.74, 6) is 0.346. The molecule has 1 aromatic heterocycles. The van der Waals surface area contributed by atoms with Crippen molar-refractivity contribution in [2.24, 2.45) is 0 Å². The Morgan fingerprint density at radius 1 is 1.57 bits per heavy atom. The summed E-state index contributed by atoms with van der Waals surface area (Å²) < 4.78 is 0. The molecule has 1 saturated heterocycles. The maximum atomic E-state index is 11.5. The van der Waals surface area contributed by atoms with E-state index >= 15 is 0 Å². The number of pyridine rings is 1. The van der Waals surface area contributed by atoms with Crippen LogP contribution >= 0.6 is 0 Å². The third kappa shape index (κ3) is 1.82. The van der Waals surface area contributed by atoms with Crippen LogP contribution < -0.4 is 0 Å². The Labute approximate surface area is 83.8 Å². The molecular weight excluding hydrogens is 176 g/mol. The fourth-order valence-electron chi connectivity index (χ4n) is 1.84. The van der Waals surface area contributed by atoms with Gasteiger partial charge in [-0.25, -0.2) is 0 Å². The maximum Gasteiger partial charge on any atom is 0.151 e. The maximum absolute atomic E-state index is 11.5. The molecule has 1 fully saturated rings. The van der Waals surface area contributed by atoms with Crippen molar-refractivity contribution < 1.29 is 4.79 Å². The Balaban J connectivity index is 2.07. The van der Waals surface area contributed by atoms with E-state index in [1.54, 1.807) is 6.20 Å². The highest BCUT2D eigenvalue weighted by Gasteiger charge is 2.29. The smallest absolute Gasteiger partial charge is 0.151 e. The number of aromatic nitrogens is 1. The van der Waals surface area contributed by atoms with Crippen LogP contribution in [0.3, 0.4) is 0 Å². The summed E-state index contributed by atoms with van der Waals surface area (Å²) in [6.07, 6.45) is 3.21. The zero-order valence-electron chi connectivity index (χ0n) is 8.31. The molecule has 1 unspecified atom stereocenters. The molecule has 2 rings (SSSR count). The molecule has 0 bridgehead atoms. The average Bonchev–Trinajstić information content (AvgIpc) is 2.51. The molecule has 0 amide bonds. The van der Waals surface area contributed by atoms with Gasteiger partial charge in [0.05, 0.1) is 6.04 Å². The summed E-state index contributed by atoms with van der Waals surface area (Å²) >= 11 is 0. The predicted octanol–water partition coefficient (Wildman–Crippen LogP) is 0.897. The minimum Gasteiger partial charge on any atom is -0.298 e. The van der Waals surface area contributed by atoms with Crippen molar-refractivity contribution in [3.05, 3.63) is 30.1 Å². The van der Waals surface area contributed by atoms with Crippen LogP contribution in [0.25, 0.3) is 0 Å². The summed E-state index contributed by atoms with van der Waals surface area (Å²) in [6, 6.07) is 5.87. The van der Waals surface area contributed by atoms with E-state index in [1.807, 2.05) is 25.2 Å². The lowest BCUT2D eigenvalue weighted by Gasteiger charge is -2.16. The molecule has 1 aromatic rings. The Kier molecular flexibility index (Phi) is 2.59. The minimum atomic E-state index is 0.0462. The van der Waals surface area contributed by atoms with Crippen molar-refractivity contribution in [3.63, 3.8) is 0 Å². The quantitative estimate of drug-likeness (QED) is 0.694. The number of carbonyl (C=O) groups is 1. The van der Waals surface area contributed by atoms with Crippen LogP contribution in [0.4, 0.5) is 0 Å². The van der Waals surface area contributed by atoms with Gasteiger partial charge in [0.1, 0.15) is 0 Å². The van der Waals surface area contributed by atoms with Crippen molar-refractivity contribution in [2.45, 2.75) is 18.9 Å². The normalized spacial score (nSPS) is 22.9. The third-order valence-corrected chi connectivity index (χ3v) is 2.74. The Hall–Kier alpha value is -1.22. The molecule has 3 nitrogen and oxygen atoms in total. The zero-order valence-corrected chi connectivity index (χ0v) is 8.31. The van der Waals surface area contributed by atoms with Crippen molar-refractivity contribution in [2.75, 3.05) is 13.6 Å². The summed E-state index contributed by atoms with van der Waals surface area (Å²) in [7, 11) is 2.00. The van der Waals surface area contributed by atoms with E-state index in [0.29, 0.717) is 12.2 Å². The number of likely N-dealkylation sites (tertiary alicyclic amines) is 1. The van der Waals surface area contributed by atoms with E-state index in [2.05, 4.69) is 9.88 Å². The molecule has 1 aliphatic heterocycles. The topological polar surface area (TPSA) is 33.2 Å². The van der Waals surface area contributed by atoms with Crippen LogP contribution in [0, 0.1) is 0 Å². The molecule has 14 heavy (non-hydrogen) atoms. The van der Waals surface area contributed by atoms with Crippen LogP contribution in [0.2, 0.25) is 0 Å². The Bertz CT molecular complexity index is 323. The first-order valence-corrected chi connectivity index (χ1v) is 4.90. The number of likely N-dealkylation sites (N-methyl/N-ethyl adjacent to an activating group) is 1. The van der Waals surface area contributed by atoms with Gasteiger partial charge in [0, 0.05) is 31.3 Å². The van der Waals surface area contributed by atoms with E-state index < -0.39 is 0 Å². The van der Waals surface area contributed by atoms with Gasteiger partial charge in [0.25, 0.3) is 0 Å². The van der Waals surface area contributed by atoms with Crippen molar-refractivity contribution in [3.8, 4) is 0 Å². The number of hydrogen-bond acceptors (Lipinski definition) is 3. The van der Waals surface area contributed by atoms with E-state index in [0.717, 1.165) is 18.7 Å². The highest BCUT2D eigenvalue weighted by atomic mass is 16.1. The third-order valence-electron chi connectivity index (χ3n) is 2.74. The van der Waals surface area contributed by atoms with Gasteiger partial charge >= 0.3 is 0 Å². The molecule has 0 N–H and O–H groups in total. The van der Waals surface area contributed by atoms with Gasteiger partial charge in [-0.05, 0) is 19.2 Å². The molecule has 74 valence electrons. The second-order valence-corrected chi connectivity index (χ2v) is 3.74. The van der Waals surface area contributed by atoms with Gasteiger partial charge in [0.2, 0.25) is 0 Å². The van der Waals surface area contributed by atoms with Gasteiger partial charge in [-0.15, -0.1) is 0 Å². The molecule has 3 heteroatoms. The molecule has 0 aromatic carbocycles. The van der Waals surface area contributed by atoms with E-state index in [4.69, 9.17) is 0 Å². The monoisotopic (exact) mass is 190 g/mol. The average molecular weight is 190 g/mol. The van der Waals surface area contributed by atoms with Crippen LogP contribution in [-0.2, 0) is 11.2 Å². The standard InChI is InChI=1S/C11H14N2O/c1-13-7-5-11(14)10(13)8-9-4-2-3-6-12-9/h2-4,6,10H,5,7-8H2,1H3. The first-order chi connectivity index (χ1) is 6.77. The van der Waals surface area contributed by atoms with Gasteiger partial charge < -0.3 is 0 Å². The fraction of sp³-hybridized carbons (Fsp3) is 0.455. The summed E-state index contributed by atoms with van der Waals surface area (Å²) in [4.78, 5) is 17.9. The molecule has 0 saturated carbocycles. The van der Waals surface area contributed by atoms with Crippen molar-refractivity contribution >= 4 is 5.78 Å². The van der Waals surface area contributed by atoms with E-state index in [1.165, 1.54) is 0 Å². The lowest BCUT2D eigenvalue weighted by molar-refractivity contribution is -0.119. The van der Waals surface area contributed by atoms with Gasteiger partial charge in [0.15, 0.2) is 5.78 Å². The molecule has 2 heterocycles. The molecular formula is C11H14N2O. The highest BCUT2D eigenvalue weighted by molar-refractivity contribution is 5.86. The van der Waals surface area contributed by atoms with E-state index in [-0.39, 0.29) is 6.04 Å². The Morgan fingerprint density at radius 2 is 2.43 bits per heavy atom. The van der Waals surface area contributed by atoms with Crippen molar-refractivity contribution in [1.29, 1.82) is 0 Å². The van der Waals surface area contributed by atoms with Gasteiger partial charge in [-0.2, -0.15) is 0 Å². The number of hydrogen-bond donors (Lipinski definition) is 0. The molecule has 0 aliphatic carbocycles. The second-order valence-electron chi connectivity index (χ2n) is 3.74. The largest absolute Gasteiger partial charge is 0.298 e. The first kappa shape index (κ1) is 9.34. The number of rotatable bonds is 2. The summed E-state index contributed by atoms with van der Waals surface area (Å²) in [5.41, 5.74) is 1.000. The van der Waals surface area contributed by atoms with Crippen molar-refractivity contribution in [1.82, 2.24) is 9.88 Å². The summed E-state index contributed by atoms with van der Waals surface area (Å²) in [5, 5.41) is 0. The lowest BCUT2D eigenvalue weighted by atomic mass is 10.1. The van der Waals surface area contributed by atoms with E-state index in [9.17, 15) is 4.79 Å². The number of nitrogens with zero attached hydrogens (tertiary/aromatic N) is 2. The van der Waals surface area contributed by atoms with Crippen LogP contribution in [0.15, 0.2) is 24.4 Å². The molecule has 1 aliphatic rings. The van der Waals surface area contributed by atoms with Crippen LogP contribution in [0.1, 0.15) is 12.1 Å². The molecule has 0 spiro atoms. The molecule has 0 radical (unpaired) electrons. The lowest BCUT2D eigenvalue weighted by Crippen LogP contribution is -2.31. The minimum absolute atomic E-state index is 0.0462. The fourth-order valence-corrected chi connectivity index (χ4v) is 1.84. The predicted molar refractivity (Wildman–Crippen MR) is 54.0 cm³/mol. The zero-order chi connectivity index (χ0) is 9.97. The van der Waals surface area contributed by atoms with Gasteiger partial charge in [-0.3, -0.25) is 14.7 Å². The van der Waals surface area contributed by atoms with Crippen LogP contribution in [-0.4, -0.2) is 35.3 Å². The first-order valence-electron chi connectivity index (χ1n) is 4.90. The number of carbonyl (C=O) groups excluding carboxylic acids is 1. The summed E-state index contributed by atoms with van der Waals surface area (Å²) in [6.45, 7) is 0.885. The SMILES string of the molecule is CN1CCC(=O)C1Cc1ccccn1. The van der Waals surface area contributed by atoms with Gasteiger partial charge in [-0.1, -0.05) is 6.07 Å². The highest BCUT2D eigenvalue weighted by Crippen LogP contribution is 2.14. The Morgan fingerprint density at radius 3 is 3.00 bits per heavy atom. The van der Waals surface area contributed by atoms with Crippen LogP contribution in [0.5, 0.6) is 0 Å². The number of ketones is 1.